The summed E-state index contributed by atoms with van der Waals surface area (Å²) in [5.41, 5.74) is 4.41. The van der Waals surface area contributed by atoms with Crippen LogP contribution in [0.1, 0.15) is 22.3 Å². The summed E-state index contributed by atoms with van der Waals surface area (Å²) in [4.78, 5) is 0. The molecule has 0 radical (unpaired) electrons. The second kappa shape index (κ2) is 19.1. The van der Waals surface area contributed by atoms with Crippen molar-refractivity contribution in [2.45, 2.75) is 0 Å². The van der Waals surface area contributed by atoms with Crippen molar-refractivity contribution in [3.05, 3.63) is 241 Å². The molecule has 0 amide bonds. The molecule has 0 heterocycles. The molecule has 62 heavy (non-hydrogen) atoms. The summed E-state index contributed by atoms with van der Waals surface area (Å²) in [6.45, 7) is 0. The molecule has 8 aromatic rings. The highest BCUT2D eigenvalue weighted by molar-refractivity contribution is 7.70. The van der Waals surface area contributed by atoms with Crippen LogP contribution in [0.5, 0.6) is 23.0 Å². The summed E-state index contributed by atoms with van der Waals surface area (Å²) in [6, 6.07) is 79.6. The molecule has 0 aliphatic heterocycles. The maximum absolute atomic E-state index is 5.81. The molecule has 8 rings (SSSR count). The molecule has 0 saturated heterocycles. The largest absolute Gasteiger partial charge is 0.497 e. The molecule has 6 heteroatoms. The van der Waals surface area contributed by atoms with Crippen molar-refractivity contribution in [3.63, 3.8) is 0 Å². The predicted octanol–water partition coefficient (Wildman–Crippen LogP) is 10.2. The van der Waals surface area contributed by atoms with Crippen molar-refractivity contribution < 1.29 is 18.9 Å². The van der Waals surface area contributed by atoms with Crippen molar-refractivity contribution in [3.8, 4) is 23.0 Å². The zero-order valence-electron chi connectivity index (χ0n) is 35.6. The molecule has 0 aromatic heterocycles. The minimum absolute atomic E-state index is 0.803. The predicted molar refractivity (Wildman–Crippen MR) is 264 cm³/mol. The summed E-state index contributed by atoms with van der Waals surface area (Å²) < 4.78 is 23.0. The van der Waals surface area contributed by atoms with Crippen LogP contribution in [0.2, 0.25) is 0 Å². The number of benzene rings is 8. The number of methoxy groups -OCH3 is 4. The average Bonchev–Trinajstić information content (AvgIpc) is 3.36. The number of hydrogen-bond acceptors (Lipinski definition) is 4. The van der Waals surface area contributed by atoms with E-state index < -0.39 is 15.2 Å². The van der Waals surface area contributed by atoms with Gasteiger partial charge >= 0.3 is 0 Å². The van der Waals surface area contributed by atoms with Gasteiger partial charge < -0.3 is 18.9 Å². The Morgan fingerprint density at radius 2 is 0.516 bits per heavy atom. The fourth-order valence-corrected chi connectivity index (χ4v) is 29.2. The van der Waals surface area contributed by atoms with Gasteiger partial charge in [-0.15, -0.1) is 0 Å². The van der Waals surface area contributed by atoms with E-state index in [0.29, 0.717) is 0 Å². The first-order valence-electron chi connectivity index (χ1n) is 20.8. The van der Waals surface area contributed by atoms with Gasteiger partial charge in [0.25, 0.3) is 0 Å². The first kappa shape index (κ1) is 41.6. The second-order valence-electron chi connectivity index (χ2n) is 15.1. The second-order valence-corrected chi connectivity index (χ2v) is 26.0. The van der Waals surface area contributed by atoms with Gasteiger partial charge in [0.1, 0.15) is 23.0 Å². The van der Waals surface area contributed by atoms with E-state index in [4.69, 9.17) is 18.9 Å². The highest BCUT2D eigenvalue weighted by Gasteiger charge is 2.63. The molecule has 306 valence electrons. The Labute approximate surface area is 367 Å². The smallest absolute Gasteiger partial charge is 0.155 e. The van der Waals surface area contributed by atoms with Crippen LogP contribution in [-0.4, -0.2) is 43.6 Å². The van der Waals surface area contributed by atoms with Crippen molar-refractivity contribution >= 4 is 58.5 Å². The van der Waals surface area contributed by atoms with Crippen LogP contribution in [0, 0.1) is 0 Å². The van der Waals surface area contributed by atoms with Crippen LogP contribution < -0.4 is 39.7 Å². The maximum Gasteiger partial charge on any atom is 0.155 e. The standard InChI is InChI=1S/C56H50O4Si2/c1-57-47-33-25-43(26-34-47)41-55(45-29-37-49(59-3)38-30-45)61(51-17-9-5-10-18-51,52-19-11-6-12-20-52)62(53-21-13-7-14-22-53,54-23-15-8-16-24-54)56(46-31-39-50(60-4)40-32-46)42-44-27-35-48(58-2)36-28-44/h5-42H,1-4H3/b55-41+,56-42+. The summed E-state index contributed by atoms with van der Waals surface area (Å²) in [7, 11) is -0.214. The summed E-state index contributed by atoms with van der Waals surface area (Å²) in [5.74, 6) is 3.22. The van der Waals surface area contributed by atoms with E-state index in [0.717, 1.165) is 45.3 Å². The molecule has 8 aromatic carbocycles. The quantitative estimate of drug-likeness (QED) is 0.0761. The van der Waals surface area contributed by atoms with E-state index in [9.17, 15) is 0 Å². The van der Waals surface area contributed by atoms with Crippen LogP contribution in [-0.2, 0) is 0 Å². The summed E-state index contributed by atoms with van der Waals surface area (Å²) in [6.07, 6.45) is 4.92. The minimum atomic E-state index is -3.55. The van der Waals surface area contributed by atoms with E-state index >= 15 is 0 Å². The van der Waals surface area contributed by atoms with E-state index in [1.807, 2.05) is 0 Å². The first-order valence-corrected chi connectivity index (χ1v) is 25.8. The molecule has 0 aliphatic rings. The van der Waals surface area contributed by atoms with Crippen molar-refractivity contribution in [1.82, 2.24) is 0 Å². The summed E-state index contributed by atoms with van der Waals surface area (Å²) >= 11 is 0. The zero-order valence-corrected chi connectivity index (χ0v) is 37.6. The number of rotatable bonds is 15. The first-order chi connectivity index (χ1) is 30.5. The van der Waals surface area contributed by atoms with Gasteiger partial charge in [-0.1, -0.05) is 203 Å². The van der Waals surface area contributed by atoms with Gasteiger partial charge in [-0.25, -0.2) is 0 Å². The van der Waals surface area contributed by atoms with E-state index in [-0.39, 0.29) is 0 Å². The van der Waals surface area contributed by atoms with E-state index in [1.165, 1.54) is 31.1 Å². The van der Waals surface area contributed by atoms with Crippen molar-refractivity contribution in [2.24, 2.45) is 0 Å². The molecule has 0 saturated carbocycles. The van der Waals surface area contributed by atoms with Crippen LogP contribution in [0.25, 0.3) is 22.5 Å². The Morgan fingerprint density at radius 1 is 0.290 bits per heavy atom. The molecule has 0 spiro atoms. The third kappa shape index (κ3) is 7.94. The molecule has 0 aliphatic carbocycles. The Morgan fingerprint density at radius 3 is 0.742 bits per heavy atom. The normalized spacial score (nSPS) is 12.1. The third-order valence-corrected chi connectivity index (χ3v) is 28.7. The van der Waals surface area contributed by atoms with E-state index in [2.05, 4.69) is 231 Å². The molecule has 0 unspecified atom stereocenters. The van der Waals surface area contributed by atoms with Gasteiger partial charge in [-0.3, -0.25) is 0 Å². The number of hydrogen-bond donors (Lipinski definition) is 0. The van der Waals surface area contributed by atoms with Crippen molar-refractivity contribution in [2.75, 3.05) is 28.4 Å². The van der Waals surface area contributed by atoms with Gasteiger partial charge in [-0.05, 0) is 81.2 Å². The Kier molecular flexibility index (Phi) is 12.8. The molecule has 4 nitrogen and oxygen atoms in total. The zero-order chi connectivity index (χ0) is 42.8. The Hall–Kier alpha value is -7.13. The molecule has 0 bridgehead atoms. The van der Waals surface area contributed by atoms with Gasteiger partial charge in [0.2, 0.25) is 0 Å². The van der Waals surface area contributed by atoms with Gasteiger partial charge in [-0.2, -0.15) is 0 Å². The van der Waals surface area contributed by atoms with Gasteiger partial charge in [0.05, 0.1) is 28.4 Å². The van der Waals surface area contributed by atoms with Crippen LogP contribution >= 0.6 is 0 Å². The highest BCUT2D eigenvalue weighted by atomic mass is 29.3. The SMILES string of the molecule is COc1ccc(/C=C(\c2ccc(OC)cc2)[Si](c2ccccc2)(c2ccccc2)[Si](/C(=C/c2ccc(OC)cc2)c2ccc(OC)cc2)(c2ccccc2)c2ccccc2)cc1. The molecular weight excluding hydrogens is 793 g/mol. The molecule has 0 N–H and O–H groups in total. The fourth-order valence-electron chi connectivity index (χ4n) is 9.07. The lowest BCUT2D eigenvalue weighted by atomic mass is 10.1. The maximum atomic E-state index is 5.81. The van der Waals surface area contributed by atoms with Crippen molar-refractivity contribution in [1.29, 1.82) is 0 Å². The highest BCUT2D eigenvalue weighted by Crippen LogP contribution is 2.43. The molecule has 0 fully saturated rings. The third-order valence-electron chi connectivity index (χ3n) is 11.9. The lowest BCUT2D eigenvalue weighted by Gasteiger charge is -2.52. The minimum Gasteiger partial charge on any atom is -0.497 e. The van der Waals surface area contributed by atoms with Crippen LogP contribution in [0.15, 0.2) is 218 Å². The topological polar surface area (TPSA) is 36.9 Å². The monoisotopic (exact) mass is 842 g/mol. The average molecular weight is 843 g/mol. The number of ether oxygens (including phenoxy) is 4. The fraction of sp³-hybridized carbons (Fsp3) is 0.0714. The van der Waals surface area contributed by atoms with Crippen LogP contribution in [0.4, 0.5) is 0 Å². The van der Waals surface area contributed by atoms with Gasteiger partial charge in [0, 0.05) is 0 Å². The van der Waals surface area contributed by atoms with Gasteiger partial charge in [0.15, 0.2) is 15.2 Å². The lowest BCUT2D eigenvalue weighted by Crippen LogP contribution is -2.86. The Balaban J connectivity index is 1.69. The summed E-state index contributed by atoms with van der Waals surface area (Å²) in [5, 5.41) is 7.75. The molecular formula is C56H50O4Si2. The Bertz CT molecular complexity index is 2450. The molecule has 0 atom stereocenters. The lowest BCUT2D eigenvalue weighted by molar-refractivity contribution is 0.414. The van der Waals surface area contributed by atoms with Crippen LogP contribution in [0.3, 0.4) is 0 Å². The van der Waals surface area contributed by atoms with E-state index in [1.54, 1.807) is 28.4 Å².